The van der Waals surface area contributed by atoms with Crippen molar-refractivity contribution in [3.05, 3.63) is 53.6 Å². The van der Waals surface area contributed by atoms with E-state index in [9.17, 15) is 4.39 Å². The fourth-order valence-electron chi connectivity index (χ4n) is 3.07. The molecule has 0 aliphatic heterocycles. The minimum atomic E-state index is -0.368. The van der Waals surface area contributed by atoms with Crippen LogP contribution in [0.15, 0.2) is 30.8 Å². The molecule has 0 aliphatic rings. The maximum Gasteiger partial charge on any atom is 0.220 e. The van der Waals surface area contributed by atoms with Crippen LogP contribution in [-0.2, 0) is 7.05 Å². The number of aromatic nitrogens is 2. The van der Waals surface area contributed by atoms with E-state index < -0.39 is 0 Å². The fourth-order valence-corrected chi connectivity index (χ4v) is 3.07. The van der Waals surface area contributed by atoms with Crippen molar-refractivity contribution in [2.75, 3.05) is 5.32 Å². The van der Waals surface area contributed by atoms with Gasteiger partial charge in [0.1, 0.15) is 0 Å². The van der Waals surface area contributed by atoms with Gasteiger partial charge in [0.2, 0.25) is 5.95 Å². The van der Waals surface area contributed by atoms with Gasteiger partial charge in [-0.1, -0.05) is 45.5 Å². The average molecular weight is 315 g/mol. The summed E-state index contributed by atoms with van der Waals surface area (Å²) in [4.78, 5) is 0. The van der Waals surface area contributed by atoms with Crippen molar-refractivity contribution in [2.24, 2.45) is 13.0 Å². The van der Waals surface area contributed by atoms with Gasteiger partial charge < -0.3 is 5.32 Å². The zero-order valence-electron chi connectivity index (χ0n) is 14.7. The van der Waals surface area contributed by atoms with Gasteiger partial charge in [0.25, 0.3) is 0 Å². The van der Waals surface area contributed by atoms with Gasteiger partial charge in [-0.3, -0.25) is 0 Å². The molecular weight excluding hydrogens is 289 g/mol. The number of nitrogens with one attached hydrogen (secondary N) is 1. The number of aryl methyl sites for hydroxylation is 2. The van der Waals surface area contributed by atoms with Crippen molar-refractivity contribution in [1.82, 2.24) is 9.78 Å². The van der Waals surface area contributed by atoms with Crippen LogP contribution in [0, 0.1) is 18.8 Å². The SMILES string of the molecule is C=C(Nc1ccccc1C(C)CC(C)C)c1c(C)nn(C)c1F. The molecule has 1 atom stereocenters. The van der Waals surface area contributed by atoms with E-state index in [0.717, 1.165) is 12.1 Å². The van der Waals surface area contributed by atoms with E-state index in [2.05, 4.69) is 43.8 Å². The molecule has 1 aromatic carbocycles. The molecule has 124 valence electrons. The summed E-state index contributed by atoms with van der Waals surface area (Å²) >= 11 is 0. The fraction of sp³-hybridized carbons (Fsp3) is 0.421. The smallest absolute Gasteiger partial charge is 0.220 e. The Bertz CT molecular complexity index is 701. The van der Waals surface area contributed by atoms with E-state index in [0.29, 0.717) is 28.8 Å². The molecule has 0 amide bonds. The first-order chi connectivity index (χ1) is 10.8. The molecule has 0 aliphatic carbocycles. The molecule has 23 heavy (non-hydrogen) atoms. The van der Waals surface area contributed by atoms with Gasteiger partial charge in [0, 0.05) is 18.4 Å². The Hall–Kier alpha value is -2.10. The third-order valence-corrected chi connectivity index (χ3v) is 4.06. The summed E-state index contributed by atoms with van der Waals surface area (Å²) in [5.41, 5.74) is 3.82. The normalized spacial score (nSPS) is 12.5. The zero-order chi connectivity index (χ0) is 17.1. The molecular formula is C19H26FN3. The minimum Gasteiger partial charge on any atom is -0.355 e. The Morgan fingerprint density at radius 3 is 2.52 bits per heavy atom. The van der Waals surface area contributed by atoms with Crippen LogP contribution >= 0.6 is 0 Å². The van der Waals surface area contributed by atoms with Crippen molar-refractivity contribution in [2.45, 2.75) is 40.0 Å². The lowest BCUT2D eigenvalue weighted by Crippen LogP contribution is -2.06. The van der Waals surface area contributed by atoms with E-state index in [1.807, 2.05) is 18.2 Å². The van der Waals surface area contributed by atoms with E-state index in [4.69, 9.17) is 0 Å². The second-order valence-corrected chi connectivity index (χ2v) is 6.60. The van der Waals surface area contributed by atoms with Crippen molar-refractivity contribution in [1.29, 1.82) is 0 Å². The molecule has 0 saturated heterocycles. The lowest BCUT2D eigenvalue weighted by molar-refractivity contribution is 0.501. The summed E-state index contributed by atoms with van der Waals surface area (Å²) in [6.07, 6.45) is 1.10. The number of hydrogen-bond donors (Lipinski definition) is 1. The molecule has 0 radical (unpaired) electrons. The largest absolute Gasteiger partial charge is 0.355 e. The summed E-state index contributed by atoms with van der Waals surface area (Å²) in [6.45, 7) is 12.5. The van der Waals surface area contributed by atoms with Crippen molar-refractivity contribution in [3.8, 4) is 0 Å². The Labute approximate surface area is 138 Å². The summed E-state index contributed by atoms with van der Waals surface area (Å²) in [5, 5.41) is 7.40. The van der Waals surface area contributed by atoms with Crippen LogP contribution in [-0.4, -0.2) is 9.78 Å². The number of nitrogens with zero attached hydrogens (tertiary/aromatic N) is 2. The zero-order valence-corrected chi connectivity index (χ0v) is 14.7. The van der Waals surface area contributed by atoms with Gasteiger partial charge in [0.15, 0.2) is 0 Å². The van der Waals surface area contributed by atoms with Crippen LogP contribution in [0.3, 0.4) is 0 Å². The highest BCUT2D eigenvalue weighted by atomic mass is 19.1. The molecule has 1 aromatic heterocycles. The van der Waals surface area contributed by atoms with Gasteiger partial charge in [-0.25, -0.2) is 4.68 Å². The monoisotopic (exact) mass is 315 g/mol. The number of para-hydroxylation sites is 1. The van der Waals surface area contributed by atoms with Crippen molar-refractivity contribution < 1.29 is 4.39 Å². The molecule has 2 rings (SSSR count). The Morgan fingerprint density at radius 2 is 1.96 bits per heavy atom. The first-order valence-electron chi connectivity index (χ1n) is 8.05. The standard InChI is InChI=1S/C19H26FN3/c1-12(2)11-13(3)16-9-7-8-10-17(16)21-14(4)18-15(5)22-23(6)19(18)20/h7-10,12-13,21H,4,11H2,1-3,5-6H3. The molecule has 0 saturated carbocycles. The van der Waals surface area contributed by atoms with Gasteiger partial charge in [-0.15, -0.1) is 0 Å². The Morgan fingerprint density at radius 1 is 1.30 bits per heavy atom. The molecule has 0 fully saturated rings. The summed E-state index contributed by atoms with van der Waals surface area (Å²) in [5.74, 6) is 0.679. The third-order valence-electron chi connectivity index (χ3n) is 4.06. The highest BCUT2D eigenvalue weighted by molar-refractivity contribution is 5.77. The summed E-state index contributed by atoms with van der Waals surface area (Å²) in [6, 6.07) is 8.15. The Kier molecular flexibility index (Phi) is 5.24. The number of benzene rings is 1. The van der Waals surface area contributed by atoms with E-state index in [-0.39, 0.29) is 5.95 Å². The molecule has 0 spiro atoms. The van der Waals surface area contributed by atoms with Crippen LogP contribution in [0.5, 0.6) is 0 Å². The van der Waals surface area contributed by atoms with Gasteiger partial charge in [-0.05, 0) is 36.8 Å². The Balaban J connectivity index is 2.28. The maximum absolute atomic E-state index is 14.2. The predicted octanol–water partition coefficient (Wildman–Crippen LogP) is 5.10. The number of hydrogen-bond acceptors (Lipinski definition) is 2. The minimum absolute atomic E-state index is 0.368. The van der Waals surface area contributed by atoms with E-state index in [1.165, 1.54) is 10.2 Å². The molecule has 1 heterocycles. The molecule has 3 nitrogen and oxygen atoms in total. The second kappa shape index (κ2) is 6.99. The van der Waals surface area contributed by atoms with Gasteiger partial charge >= 0.3 is 0 Å². The topological polar surface area (TPSA) is 29.9 Å². The first kappa shape index (κ1) is 17.3. The maximum atomic E-state index is 14.2. The number of anilines is 1. The summed E-state index contributed by atoms with van der Waals surface area (Å²) < 4.78 is 15.4. The van der Waals surface area contributed by atoms with Gasteiger partial charge in [-0.2, -0.15) is 9.49 Å². The highest BCUT2D eigenvalue weighted by Crippen LogP contribution is 2.31. The number of halogens is 1. The van der Waals surface area contributed by atoms with Crippen LogP contribution in [0.4, 0.5) is 10.1 Å². The highest BCUT2D eigenvalue weighted by Gasteiger charge is 2.18. The number of rotatable bonds is 6. The van der Waals surface area contributed by atoms with E-state index in [1.54, 1.807) is 14.0 Å². The molecule has 0 bridgehead atoms. The summed E-state index contributed by atoms with van der Waals surface area (Å²) in [7, 11) is 1.60. The lowest BCUT2D eigenvalue weighted by Gasteiger charge is -2.20. The van der Waals surface area contributed by atoms with Gasteiger partial charge in [0.05, 0.1) is 11.3 Å². The molecule has 1 unspecified atom stereocenters. The van der Waals surface area contributed by atoms with Crippen molar-refractivity contribution in [3.63, 3.8) is 0 Å². The van der Waals surface area contributed by atoms with Crippen molar-refractivity contribution >= 4 is 11.4 Å². The average Bonchev–Trinajstić information content (AvgIpc) is 2.71. The van der Waals surface area contributed by atoms with Crippen LogP contribution in [0.25, 0.3) is 5.70 Å². The quantitative estimate of drug-likeness (QED) is 0.803. The first-order valence-corrected chi connectivity index (χ1v) is 8.05. The predicted molar refractivity (Wildman–Crippen MR) is 94.9 cm³/mol. The second-order valence-electron chi connectivity index (χ2n) is 6.60. The molecule has 1 N–H and O–H groups in total. The lowest BCUT2D eigenvalue weighted by atomic mass is 9.91. The molecule has 2 aromatic rings. The molecule has 4 heteroatoms. The van der Waals surface area contributed by atoms with E-state index >= 15 is 0 Å². The van der Waals surface area contributed by atoms with Crippen LogP contribution < -0.4 is 5.32 Å². The van der Waals surface area contributed by atoms with Crippen LogP contribution in [0.2, 0.25) is 0 Å². The third kappa shape index (κ3) is 3.81. The van der Waals surface area contributed by atoms with Crippen LogP contribution in [0.1, 0.15) is 49.9 Å².